The number of nitriles is 1. The van der Waals surface area contributed by atoms with Gasteiger partial charge >= 0.3 is 0 Å². The van der Waals surface area contributed by atoms with Crippen LogP contribution in [0.4, 0.5) is 5.82 Å². The van der Waals surface area contributed by atoms with Crippen molar-refractivity contribution in [1.29, 1.82) is 5.26 Å². The summed E-state index contributed by atoms with van der Waals surface area (Å²) in [6.07, 6.45) is 2.63. The average molecular weight is 337 g/mol. The van der Waals surface area contributed by atoms with Crippen LogP contribution in [0.3, 0.4) is 0 Å². The summed E-state index contributed by atoms with van der Waals surface area (Å²) in [5.41, 5.74) is 4.82. The van der Waals surface area contributed by atoms with Gasteiger partial charge in [-0.15, -0.1) is 0 Å². The van der Waals surface area contributed by atoms with E-state index in [9.17, 15) is 5.26 Å². The Labute approximate surface area is 146 Å². The molecule has 6 heteroatoms. The van der Waals surface area contributed by atoms with E-state index in [1.807, 2.05) is 18.3 Å². The summed E-state index contributed by atoms with van der Waals surface area (Å²) >= 11 is 0. The van der Waals surface area contributed by atoms with Crippen LogP contribution in [0.1, 0.15) is 16.7 Å². The van der Waals surface area contributed by atoms with Gasteiger partial charge in [0.15, 0.2) is 11.5 Å². The van der Waals surface area contributed by atoms with Crippen molar-refractivity contribution in [1.82, 2.24) is 4.98 Å². The molecule has 25 heavy (non-hydrogen) atoms. The van der Waals surface area contributed by atoms with Crippen LogP contribution >= 0.6 is 0 Å². The first-order valence-electron chi connectivity index (χ1n) is 8.26. The molecule has 1 aromatic carbocycles. The minimum atomic E-state index is 0.630. The first kappa shape index (κ1) is 15.7. The first-order chi connectivity index (χ1) is 12.3. The van der Waals surface area contributed by atoms with Gasteiger partial charge in [0, 0.05) is 31.3 Å². The highest BCUT2D eigenvalue weighted by molar-refractivity contribution is 5.86. The Hall–Kier alpha value is -2.78. The Kier molecular flexibility index (Phi) is 3.94. The highest BCUT2D eigenvalue weighted by Gasteiger charge is 2.28. The molecule has 0 radical (unpaired) electrons. The quantitative estimate of drug-likeness (QED) is 0.731. The van der Waals surface area contributed by atoms with Gasteiger partial charge in [-0.2, -0.15) is 5.26 Å². The lowest BCUT2D eigenvalue weighted by Gasteiger charge is -2.29. The molecule has 1 aromatic heterocycles. The second-order valence-electron chi connectivity index (χ2n) is 6.11. The Morgan fingerprint density at radius 1 is 1.12 bits per heavy atom. The fraction of sp³-hybridized carbons (Fsp3) is 0.368. The van der Waals surface area contributed by atoms with Gasteiger partial charge < -0.3 is 19.1 Å². The number of anilines is 1. The van der Waals surface area contributed by atoms with Crippen LogP contribution in [-0.4, -0.2) is 45.5 Å². The van der Waals surface area contributed by atoms with Crippen molar-refractivity contribution in [2.45, 2.75) is 6.42 Å². The fourth-order valence-electron chi connectivity index (χ4n) is 3.61. The maximum atomic E-state index is 9.86. The van der Waals surface area contributed by atoms with E-state index in [1.54, 1.807) is 14.2 Å². The van der Waals surface area contributed by atoms with E-state index in [1.165, 1.54) is 0 Å². The summed E-state index contributed by atoms with van der Waals surface area (Å²) in [4.78, 5) is 6.72. The zero-order valence-electron chi connectivity index (χ0n) is 14.3. The summed E-state index contributed by atoms with van der Waals surface area (Å²) in [5.74, 6) is 2.11. The molecule has 2 aliphatic rings. The molecule has 2 heterocycles. The Morgan fingerprint density at radius 3 is 2.52 bits per heavy atom. The number of benzene rings is 1. The van der Waals surface area contributed by atoms with Crippen molar-refractivity contribution in [3.05, 3.63) is 35.0 Å². The molecule has 0 bridgehead atoms. The predicted molar refractivity (Wildman–Crippen MR) is 93.3 cm³/mol. The van der Waals surface area contributed by atoms with E-state index in [2.05, 4.69) is 16.0 Å². The number of fused-ring (bicyclic) bond motifs is 3. The second kappa shape index (κ2) is 6.26. The Bertz CT molecular complexity index is 867. The molecule has 1 aliphatic carbocycles. The van der Waals surface area contributed by atoms with Crippen molar-refractivity contribution >= 4 is 5.82 Å². The third kappa shape index (κ3) is 2.48. The van der Waals surface area contributed by atoms with Crippen molar-refractivity contribution in [2.24, 2.45) is 0 Å². The van der Waals surface area contributed by atoms with Crippen LogP contribution in [0, 0.1) is 11.3 Å². The number of hydrogen-bond acceptors (Lipinski definition) is 6. The van der Waals surface area contributed by atoms with E-state index in [-0.39, 0.29) is 0 Å². The SMILES string of the molecule is COc1cc2c(cc1OC)-c1c(cnc(N3CCOCC3)c1C#N)C2. The number of methoxy groups -OCH3 is 2. The number of morpholine rings is 1. The third-order valence-electron chi connectivity index (χ3n) is 4.82. The molecule has 2 aromatic rings. The number of hydrogen-bond donors (Lipinski definition) is 0. The molecule has 0 atom stereocenters. The van der Waals surface area contributed by atoms with Crippen LogP contribution in [0.25, 0.3) is 11.1 Å². The van der Waals surface area contributed by atoms with Gasteiger partial charge in [-0.05, 0) is 28.8 Å². The lowest BCUT2D eigenvalue weighted by atomic mass is 10.0. The molecule has 6 nitrogen and oxygen atoms in total. The van der Waals surface area contributed by atoms with Crippen molar-refractivity contribution in [2.75, 3.05) is 45.4 Å². The topological polar surface area (TPSA) is 67.6 Å². The zero-order chi connectivity index (χ0) is 17.4. The fourth-order valence-corrected chi connectivity index (χ4v) is 3.61. The minimum Gasteiger partial charge on any atom is -0.493 e. The van der Waals surface area contributed by atoms with Crippen LogP contribution in [0.2, 0.25) is 0 Å². The number of nitrogens with zero attached hydrogens (tertiary/aromatic N) is 3. The lowest BCUT2D eigenvalue weighted by molar-refractivity contribution is 0.122. The molecular weight excluding hydrogens is 318 g/mol. The molecule has 1 aliphatic heterocycles. The number of rotatable bonds is 3. The van der Waals surface area contributed by atoms with E-state index in [0.717, 1.165) is 47.6 Å². The minimum absolute atomic E-state index is 0.630. The highest BCUT2D eigenvalue weighted by atomic mass is 16.5. The summed E-state index contributed by atoms with van der Waals surface area (Å²) in [6.45, 7) is 2.81. The first-order valence-corrected chi connectivity index (χ1v) is 8.26. The molecular formula is C19H19N3O3. The zero-order valence-corrected chi connectivity index (χ0v) is 14.3. The largest absolute Gasteiger partial charge is 0.493 e. The summed E-state index contributed by atoms with van der Waals surface area (Å²) in [5, 5.41) is 9.86. The van der Waals surface area contributed by atoms with Crippen LogP contribution in [-0.2, 0) is 11.2 Å². The molecule has 1 saturated heterocycles. The van der Waals surface area contributed by atoms with E-state index < -0.39 is 0 Å². The third-order valence-corrected chi connectivity index (χ3v) is 4.82. The van der Waals surface area contributed by atoms with Crippen LogP contribution in [0.5, 0.6) is 11.5 Å². The number of aromatic nitrogens is 1. The summed E-state index contributed by atoms with van der Waals surface area (Å²) in [7, 11) is 3.25. The Morgan fingerprint density at radius 2 is 1.84 bits per heavy atom. The van der Waals surface area contributed by atoms with Crippen molar-refractivity contribution in [3.63, 3.8) is 0 Å². The molecule has 1 fully saturated rings. The number of pyridine rings is 1. The standard InChI is InChI=1S/C19H19N3O3/c1-23-16-8-12-7-13-11-21-19(22-3-5-25-6-4-22)15(10-20)18(13)14(12)9-17(16)24-2/h8-9,11H,3-7H2,1-2H3. The van der Waals surface area contributed by atoms with Gasteiger partial charge in [-0.25, -0.2) is 4.98 Å². The molecule has 0 spiro atoms. The van der Waals surface area contributed by atoms with Crippen LogP contribution in [0.15, 0.2) is 18.3 Å². The maximum absolute atomic E-state index is 9.86. The smallest absolute Gasteiger partial charge is 0.161 e. The van der Waals surface area contributed by atoms with E-state index >= 15 is 0 Å². The van der Waals surface area contributed by atoms with E-state index in [4.69, 9.17) is 14.2 Å². The molecule has 128 valence electrons. The number of ether oxygens (including phenoxy) is 3. The van der Waals surface area contributed by atoms with Crippen molar-refractivity contribution in [3.8, 4) is 28.7 Å². The second-order valence-corrected chi connectivity index (χ2v) is 6.11. The summed E-state index contributed by atoms with van der Waals surface area (Å²) < 4.78 is 16.3. The van der Waals surface area contributed by atoms with Gasteiger partial charge in [0.25, 0.3) is 0 Å². The van der Waals surface area contributed by atoms with Crippen LogP contribution < -0.4 is 14.4 Å². The molecule has 4 rings (SSSR count). The van der Waals surface area contributed by atoms with Gasteiger partial charge in [0.2, 0.25) is 0 Å². The van der Waals surface area contributed by atoms with Gasteiger partial charge in [-0.3, -0.25) is 0 Å². The average Bonchev–Trinajstić information content (AvgIpc) is 3.04. The normalized spacial score (nSPS) is 15.3. The predicted octanol–water partition coefficient (Wildman–Crippen LogP) is 2.38. The molecule has 0 N–H and O–H groups in total. The summed E-state index contributed by atoms with van der Waals surface area (Å²) in [6, 6.07) is 6.34. The van der Waals surface area contributed by atoms with Crippen molar-refractivity contribution < 1.29 is 14.2 Å². The molecule has 0 unspecified atom stereocenters. The molecule has 0 amide bonds. The Balaban J connectivity index is 1.87. The lowest BCUT2D eigenvalue weighted by Crippen LogP contribution is -2.37. The maximum Gasteiger partial charge on any atom is 0.161 e. The monoisotopic (exact) mass is 337 g/mol. The van der Waals surface area contributed by atoms with Gasteiger partial charge in [0.1, 0.15) is 17.5 Å². The highest BCUT2D eigenvalue weighted by Crippen LogP contribution is 2.45. The van der Waals surface area contributed by atoms with Gasteiger partial charge in [-0.1, -0.05) is 0 Å². The van der Waals surface area contributed by atoms with Gasteiger partial charge in [0.05, 0.1) is 27.4 Å². The molecule has 0 saturated carbocycles. The van der Waals surface area contributed by atoms with E-state index in [0.29, 0.717) is 30.3 Å².